The second kappa shape index (κ2) is 10.1. The lowest BCUT2D eigenvalue weighted by Crippen LogP contribution is -2.38. The van der Waals surface area contributed by atoms with Gasteiger partial charge in [0.2, 0.25) is 5.95 Å². The third-order valence-corrected chi connectivity index (χ3v) is 12.3. The molecule has 4 atom stereocenters. The van der Waals surface area contributed by atoms with Crippen molar-refractivity contribution in [1.29, 1.82) is 0 Å². The Balaban J connectivity index is 1.35. The molecular weight excluding hydrogens is 548 g/mol. The number of rotatable bonds is 8. The molecule has 12 heteroatoms. The summed E-state index contributed by atoms with van der Waals surface area (Å²) in [4.78, 5) is 19.2. The Morgan fingerprint density at radius 1 is 1.05 bits per heavy atom. The summed E-state index contributed by atoms with van der Waals surface area (Å²) in [6, 6.07) is 1.73. The molecule has 40 heavy (non-hydrogen) atoms. The topological polar surface area (TPSA) is 150 Å². The van der Waals surface area contributed by atoms with Crippen molar-refractivity contribution in [3.8, 4) is 10.6 Å². The predicted molar refractivity (Wildman–Crippen MR) is 157 cm³/mol. The maximum atomic E-state index is 12.9. The third kappa shape index (κ3) is 5.19. The molecule has 6 rings (SSSR count). The second-order valence-electron chi connectivity index (χ2n) is 12.6. The highest BCUT2D eigenvalue weighted by atomic mass is 32.2. The molecule has 0 spiro atoms. The van der Waals surface area contributed by atoms with Crippen LogP contribution >= 0.6 is 11.3 Å². The molecule has 10 nitrogen and oxygen atoms in total. The van der Waals surface area contributed by atoms with Crippen LogP contribution in [0.25, 0.3) is 20.8 Å². The van der Waals surface area contributed by atoms with Gasteiger partial charge in [-0.05, 0) is 72.3 Å². The molecule has 3 fully saturated rings. The Hall–Kier alpha value is -2.41. The summed E-state index contributed by atoms with van der Waals surface area (Å²) >= 11 is 1.56. The van der Waals surface area contributed by atoms with Gasteiger partial charge in [-0.1, -0.05) is 0 Å². The van der Waals surface area contributed by atoms with E-state index in [-0.39, 0.29) is 5.75 Å². The fraction of sp³-hybridized carbons (Fsp3) is 0.643. The van der Waals surface area contributed by atoms with E-state index in [9.17, 15) is 18.6 Å². The number of hydrogen-bond donors (Lipinski definition) is 4. The average molecular weight is 587 g/mol. The van der Waals surface area contributed by atoms with Crippen molar-refractivity contribution in [1.82, 2.24) is 19.9 Å². The van der Waals surface area contributed by atoms with Crippen LogP contribution in [0, 0.1) is 12.8 Å². The maximum Gasteiger partial charge on any atom is 0.225 e. The van der Waals surface area contributed by atoms with Gasteiger partial charge in [0.15, 0.2) is 9.84 Å². The zero-order valence-corrected chi connectivity index (χ0v) is 25.0. The molecule has 4 N–H and O–H groups in total. The first-order valence-corrected chi connectivity index (χ1v) is 16.6. The average Bonchev–Trinajstić information content (AvgIpc) is 3.55. The zero-order chi connectivity index (χ0) is 28.4. The van der Waals surface area contributed by atoms with Crippen LogP contribution in [0.3, 0.4) is 0 Å². The molecule has 0 amide bonds. The van der Waals surface area contributed by atoms with E-state index in [1.807, 2.05) is 19.2 Å². The number of pyridine rings is 1. The Morgan fingerprint density at radius 3 is 2.45 bits per heavy atom. The molecule has 3 aromatic heterocycles. The fourth-order valence-corrected chi connectivity index (χ4v) is 7.98. The highest BCUT2D eigenvalue weighted by Crippen LogP contribution is 2.45. The standard InChI is InChI=1S/C28H38N6O4S2/c1-14-20(26-33-22-19(39-26)10-11-29-21(22)15-8-9-15)25(34-27(30-14)31-17-6-5-7-17)32-18-12-16(23(35)24(18)36)13-40(37,38)28(2,3)4/h10-11,15-18,23-24,35-36H,5-9,12-13H2,1-4H3,(H2,30,31,32,34)/t16-,18-,23-,24+/m1/s1. The summed E-state index contributed by atoms with van der Waals surface area (Å²) < 4.78 is 25.9. The Bertz CT molecular complexity index is 1530. The lowest BCUT2D eigenvalue weighted by molar-refractivity contribution is 0.0216. The van der Waals surface area contributed by atoms with Crippen LogP contribution in [0.4, 0.5) is 11.8 Å². The molecular formula is C28H38N6O4S2. The van der Waals surface area contributed by atoms with Crippen LogP contribution in [-0.4, -0.2) is 73.4 Å². The molecule has 0 aliphatic heterocycles. The molecule has 216 valence electrons. The number of aryl methyl sites for hydroxylation is 1. The Labute approximate surface area is 239 Å². The van der Waals surface area contributed by atoms with Crippen LogP contribution < -0.4 is 10.6 Å². The van der Waals surface area contributed by atoms with E-state index in [2.05, 4.69) is 15.6 Å². The molecule has 3 aliphatic carbocycles. The van der Waals surface area contributed by atoms with Crippen molar-refractivity contribution in [2.24, 2.45) is 5.92 Å². The Kier molecular flexibility index (Phi) is 7.04. The summed E-state index contributed by atoms with van der Waals surface area (Å²) in [5.74, 6) is 0.704. The van der Waals surface area contributed by atoms with E-state index in [0.29, 0.717) is 30.1 Å². The van der Waals surface area contributed by atoms with Gasteiger partial charge in [0.25, 0.3) is 0 Å². The smallest absolute Gasteiger partial charge is 0.225 e. The molecule has 0 radical (unpaired) electrons. The lowest BCUT2D eigenvalue weighted by atomic mass is 9.93. The molecule has 0 unspecified atom stereocenters. The summed E-state index contributed by atoms with van der Waals surface area (Å²) in [5.41, 5.74) is 3.44. The number of aromatic nitrogens is 4. The number of fused-ring (bicyclic) bond motifs is 1. The summed E-state index contributed by atoms with van der Waals surface area (Å²) in [6.07, 6.45) is 5.39. The minimum Gasteiger partial charge on any atom is -0.390 e. The van der Waals surface area contributed by atoms with Gasteiger partial charge in [0.1, 0.15) is 22.4 Å². The molecule has 0 saturated heterocycles. The first-order valence-electron chi connectivity index (χ1n) is 14.2. The minimum atomic E-state index is -3.48. The number of nitrogens with one attached hydrogen (secondary N) is 2. The number of aliphatic hydroxyl groups excluding tert-OH is 2. The molecule has 0 aromatic carbocycles. The molecule has 3 heterocycles. The predicted octanol–water partition coefficient (Wildman–Crippen LogP) is 4.03. The number of anilines is 2. The SMILES string of the molecule is Cc1nc(NC2CCC2)nc(N[C@@H]2C[C@H](CS(=O)(=O)C(C)(C)C)[C@@H](O)[C@H]2O)c1-c1nc2c(C3CC3)nccc2s1. The number of hydrogen-bond acceptors (Lipinski definition) is 11. The molecule has 3 aromatic rings. The van der Waals surface area contributed by atoms with Gasteiger partial charge >= 0.3 is 0 Å². The largest absolute Gasteiger partial charge is 0.390 e. The van der Waals surface area contributed by atoms with Gasteiger partial charge in [0, 0.05) is 24.1 Å². The van der Waals surface area contributed by atoms with E-state index >= 15 is 0 Å². The van der Waals surface area contributed by atoms with Crippen molar-refractivity contribution in [3.63, 3.8) is 0 Å². The van der Waals surface area contributed by atoms with Crippen LogP contribution in [0.1, 0.15) is 76.6 Å². The summed E-state index contributed by atoms with van der Waals surface area (Å²) in [5, 5.41) is 29.4. The number of aliphatic hydroxyl groups is 2. The van der Waals surface area contributed by atoms with Crippen molar-refractivity contribution < 1.29 is 18.6 Å². The van der Waals surface area contributed by atoms with Gasteiger partial charge in [-0.15, -0.1) is 11.3 Å². The molecule has 3 aliphatic rings. The quantitative estimate of drug-likeness (QED) is 0.305. The molecule has 3 saturated carbocycles. The zero-order valence-electron chi connectivity index (χ0n) is 23.4. The molecule has 0 bridgehead atoms. The first-order chi connectivity index (χ1) is 18.9. The van der Waals surface area contributed by atoms with E-state index in [1.54, 1.807) is 32.1 Å². The van der Waals surface area contributed by atoms with E-state index in [4.69, 9.17) is 15.0 Å². The van der Waals surface area contributed by atoms with E-state index < -0.39 is 38.8 Å². The minimum absolute atomic E-state index is 0.189. The van der Waals surface area contributed by atoms with Crippen LogP contribution in [0.2, 0.25) is 0 Å². The monoisotopic (exact) mass is 586 g/mol. The normalized spacial score (nSPS) is 25.8. The van der Waals surface area contributed by atoms with Crippen molar-refractivity contribution in [2.45, 2.75) is 101 Å². The fourth-order valence-electron chi connectivity index (χ4n) is 5.51. The highest BCUT2D eigenvalue weighted by molar-refractivity contribution is 7.92. The summed E-state index contributed by atoms with van der Waals surface area (Å²) in [7, 11) is -3.48. The van der Waals surface area contributed by atoms with E-state index in [0.717, 1.165) is 57.9 Å². The van der Waals surface area contributed by atoms with Gasteiger partial charge in [-0.25, -0.2) is 18.4 Å². The maximum absolute atomic E-state index is 12.9. The van der Waals surface area contributed by atoms with Crippen LogP contribution in [0.15, 0.2) is 12.3 Å². The lowest BCUT2D eigenvalue weighted by Gasteiger charge is -2.27. The van der Waals surface area contributed by atoms with Crippen LogP contribution in [0.5, 0.6) is 0 Å². The number of thiazole rings is 1. The summed E-state index contributed by atoms with van der Waals surface area (Å²) in [6.45, 7) is 6.90. The highest BCUT2D eigenvalue weighted by Gasteiger charge is 2.45. The van der Waals surface area contributed by atoms with Gasteiger partial charge in [-0.3, -0.25) is 4.98 Å². The third-order valence-electron chi connectivity index (χ3n) is 8.53. The Morgan fingerprint density at radius 2 is 1.80 bits per heavy atom. The number of sulfone groups is 1. The van der Waals surface area contributed by atoms with Gasteiger partial charge in [-0.2, -0.15) is 4.98 Å². The van der Waals surface area contributed by atoms with Crippen LogP contribution in [-0.2, 0) is 9.84 Å². The second-order valence-corrected chi connectivity index (χ2v) is 16.4. The van der Waals surface area contributed by atoms with E-state index in [1.165, 1.54) is 6.42 Å². The first kappa shape index (κ1) is 27.7. The number of nitrogens with zero attached hydrogens (tertiary/aromatic N) is 4. The van der Waals surface area contributed by atoms with Crippen molar-refractivity contribution >= 4 is 43.2 Å². The van der Waals surface area contributed by atoms with Crippen molar-refractivity contribution in [2.75, 3.05) is 16.4 Å². The van der Waals surface area contributed by atoms with Gasteiger partial charge < -0.3 is 20.8 Å². The van der Waals surface area contributed by atoms with Gasteiger partial charge in [0.05, 0.1) is 44.3 Å². The van der Waals surface area contributed by atoms with Crippen molar-refractivity contribution in [3.05, 3.63) is 23.7 Å².